The molecular weight excluding hydrogens is 130 g/mol. The third kappa shape index (κ3) is 0.793. The molecule has 2 heterocycles. The van der Waals surface area contributed by atoms with Crippen molar-refractivity contribution in [3.8, 4) is 0 Å². The van der Waals surface area contributed by atoms with Crippen LogP contribution in [0.2, 0.25) is 0 Å². The zero-order valence-electron chi connectivity index (χ0n) is 4.92. The SMILES string of the molecule is C1=CSC2=CCNC2=C1. The minimum Gasteiger partial charge on any atom is -0.381 e. The van der Waals surface area contributed by atoms with E-state index in [4.69, 9.17) is 0 Å². The molecule has 0 fully saturated rings. The topological polar surface area (TPSA) is 12.0 Å². The predicted octanol–water partition coefficient (Wildman–Crippen LogP) is 1.62. The molecule has 9 heavy (non-hydrogen) atoms. The minimum absolute atomic E-state index is 0.996. The van der Waals surface area contributed by atoms with Crippen molar-refractivity contribution in [1.29, 1.82) is 0 Å². The Balaban J connectivity index is 2.37. The van der Waals surface area contributed by atoms with Gasteiger partial charge in [-0.3, -0.25) is 0 Å². The molecule has 1 nitrogen and oxygen atoms in total. The summed E-state index contributed by atoms with van der Waals surface area (Å²) in [5, 5.41) is 5.35. The zero-order chi connectivity index (χ0) is 6.10. The minimum atomic E-state index is 0.996. The number of fused-ring (bicyclic) bond motifs is 1. The van der Waals surface area contributed by atoms with Crippen LogP contribution in [0.3, 0.4) is 0 Å². The highest BCUT2D eigenvalue weighted by molar-refractivity contribution is 8.06. The molecule has 0 spiro atoms. The average molecular weight is 137 g/mol. The van der Waals surface area contributed by atoms with E-state index < -0.39 is 0 Å². The van der Waals surface area contributed by atoms with Crippen LogP contribution >= 0.6 is 11.8 Å². The molecule has 0 radical (unpaired) electrons. The fraction of sp³-hybridized carbons (Fsp3) is 0.143. The summed E-state index contributed by atoms with van der Waals surface area (Å²) < 4.78 is 0. The fourth-order valence-corrected chi connectivity index (χ4v) is 1.70. The molecule has 0 atom stereocenters. The van der Waals surface area contributed by atoms with Crippen LogP contribution < -0.4 is 5.32 Å². The quantitative estimate of drug-likeness (QED) is 0.544. The summed E-state index contributed by atoms with van der Waals surface area (Å²) in [4.78, 5) is 1.37. The van der Waals surface area contributed by atoms with Crippen LogP contribution in [0, 0.1) is 0 Å². The van der Waals surface area contributed by atoms with Crippen molar-refractivity contribution in [2.75, 3.05) is 6.54 Å². The fourth-order valence-electron chi connectivity index (χ4n) is 0.952. The molecule has 0 aromatic heterocycles. The van der Waals surface area contributed by atoms with Crippen molar-refractivity contribution in [3.63, 3.8) is 0 Å². The first-order valence-corrected chi connectivity index (χ1v) is 3.83. The molecule has 0 bridgehead atoms. The molecule has 1 N–H and O–H groups in total. The molecule has 2 aliphatic heterocycles. The summed E-state index contributed by atoms with van der Waals surface area (Å²) in [5.74, 6) is 0. The first-order chi connectivity index (χ1) is 4.47. The standard InChI is InChI=1S/C7H7NS/c1-2-6-7(9-5-1)3-4-8-6/h1-3,5,8H,4H2. The van der Waals surface area contributed by atoms with Crippen LogP contribution in [-0.4, -0.2) is 6.54 Å². The molecule has 46 valence electrons. The summed E-state index contributed by atoms with van der Waals surface area (Å²) >= 11 is 1.78. The van der Waals surface area contributed by atoms with Gasteiger partial charge in [-0.15, -0.1) is 0 Å². The molecule has 0 aliphatic carbocycles. The van der Waals surface area contributed by atoms with E-state index in [2.05, 4.69) is 29.0 Å². The maximum Gasteiger partial charge on any atom is 0.0481 e. The van der Waals surface area contributed by atoms with E-state index in [1.807, 2.05) is 0 Å². The van der Waals surface area contributed by atoms with Crippen molar-refractivity contribution in [2.24, 2.45) is 0 Å². The van der Waals surface area contributed by atoms with E-state index in [1.54, 1.807) is 11.8 Å². The van der Waals surface area contributed by atoms with Crippen molar-refractivity contribution < 1.29 is 0 Å². The molecule has 2 rings (SSSR count). The number of rotatable bonds is 0. The Morgan fingerprint density at radius 3 is 3.44 bits per heavy atom. The van der Waals surface area contributed by atoms with Crippen molar-refractivity contribution >= 4 is 11.8 Å². The first kappa shape index (κ1) is 5.18. The van der Waals surface area contributed by atoms with Gasteiger partial charge in [0.1, 0.15) is 0 Å². The van der Waals surface area contributed by atoms with Crippen molar-refractivity contribution in [3.05, 3.63) is 34.2 Å². The molecule has 0 amide bonds. The maximum atomic E-state index is 3.25. The molecule has 2 aliphatic rings. The van der Waals surface area contributed by atoms with Gasteiger partial charge in [0.05, 0.1) is 0 Å². The van der Waals surface area contributed by atoms with Crippen LogP contribution in [0.15, 0.2) is 34.2 Å². The van der Waals surface area contributed by atoms with Crippen LogP contribution in [0.5, 0.6) is 0 Å². The lowest BCUT2D eigenvalue weighted by Gasteiger charge is -2.04. The number of allylic oxidation sites excluding steroid dienone is 2. The number of hydrogen-bond donors (Lipinski definition) is 1. The van der Waals surface area contributed by atoms with Gasteiger partial charge in [-0.25, -0.2) is 0 Å². The van der Waals surface area contributed by atoms with E-state index in [1.165, 1.54) is 10.6 Å². The Morgan fingerprint density at radius 2 is 2.56 bits per heavy atom. The van der Waals surface area contributed by atoms with Crippen molar-refractivity contribution in [2.45, 2.75) is 0 Å². The molecule has 2 heteroatoms. The lowest BCUT2D eigenvalue weighted by molar-refractivity contribution is 0.980. The molecule has 0 unspecified atom stereocenters. The van der Waals surface area contributed by atoms with E-state index in [0.29, 0.717) is 0 Å². The highest BCUT2D eigenvalue weighted by Gasteiger charge is 2.10. The van der Waals surface area contributed by atoms with Gasteiger partial charge in [-0.2, -0.15) is 0 Å². The van der Waals surface area contributed by atoms with E-state index in [9.17, 15) is 0 Å². The number of thioether (sulfide) groups is 1. The maximum absolute atomic E-state index is 3.25. The van der Waals surface area contributed by atoms with Gasteiger partial charge in [-0.05, 0) is 17.6 Å². The normalized spacial score (nSPS) is 22.2. The highest BCUT2D eigenvalue weighted by atomic mass is 32.2. The molecule has 0 saturated carbocycles. The van der Waals surface area contributed by atoms with Gasteiger partial charge in [0.2, 0.25) is 0 Å². The van der Waals surface area contributed by atoms with Gasteiger partial charge in [0, 0.05) is 17.1 Å². The zero-order valence-corrected chi connectivity index (χ0v) is 5.74. The van der Waals surface area contributed by atoms with Gasteiger partial charge in [0.15, 0.2) is 0 Å². The molecule has 0 aromatic carbocycles. The summed E-state index contributed by atoms with van der Waals surface area (Å²) in [6.45, 7) is 0.996. The van der Waals surface area contributed by atoms with Crippen molar-refractivity contribution in [1.82, 2.24) is 5.32 Å². The summed E-state index contributed by atoms with van der Waals surface area (Å²) in [6, 6.07) is 0. The lowest BCUT2D eigenvalue weighted by Crippen LogP contribution is -2.05. The van der Waals surface area contributed by atoms with Gasteiger partial charge in [0.25, 0.3) is 0 Å². The first-order valence-electron chi connectivity index (χ1n) is 2.95. The summed E-state index contributed by atoms with van der Waals surface area (Å²) in [5.41, 5.74) is 1.28. The van der Waals surface area contributed by atoms with Gasteiger partial charge < -0.3 is 5.32 Å². The summed E-state index contributed by atoms with van der Waals surface area (Å²) in [6.07, 6.45) is 6.38. The Bertz CT molecular complexity index is 213. The lowest BCUT2D eigenvalue weighted by atomic mass is 10.4. The second-order valence-electron chi connectivity index (χ2n) is 1.98. The van der Waals surface area contributed by atoms with Crippen LogP contribution in [0.1, 0.15) is 0 Å². The number of hydrogen-bond acceptors (Lipinski definition) is 2. The molecule has 0 aromatic rings. The second kappa shape index (κ2) is 1.95. The third-order valence-corrected chi connectivity index (χ3v) is 2.32. The van der Waals surface area contributed by atoms with E-state index >= 15 is 0 Å². The van der Waals surface area contributed by atoms with Crippen LogP contribution in [0.25, 0.3) is 0 Å². The Morgan fingerprint density at radius 1 is 1.56 bits per heavy atom. The molecular formula is C7H7NS. The average Bonchev–Trinajstić information content (AvgIpc) is 2.33. The Kier molecular flexibility index (Phi) is 1.12. The number of nitrogens with one attached hydrogen (secondary N) is 1. The smallest absolute Gasteiger partial charge is 0.0481 e. The monoisotopic (exact) mass is 137 g/mol. The molecule has 0 saturated heterocycles. The largest absolute Gasteiger partial charge is 0.381 e. The van der Waals surface area contributed by atoms with Crippen LogP contribution in [0.4, 0.5) is 0 Å². The van der Waals surface area contributed by atoms with Gasteiger partial charge >= 0.3 is 0 Å². The third-order valence-electron chi connectivity index (χ3n) is 1.38. The highest BCUT2D eigenvalue weighted by Crippen LogP contribution is 2.29. The van der Waals surface area contributed by atoms with E-state index in [0.717, 1.165) is 6.54 Å². The second-order valence-corrected chi connectivity index (χ2v) is 2.92. The van der Waals surface area contributed by atoms with E-state index in [-0.39, 0.29) is 0 Å². The van der Waals surface area contributed by atoms with Gasteiger partial charge in [-0.1, -0.05) is 17.8 Å². The predicted molar refractivity (Wildman–Crippen MR) is 40.9 cm³/mol. The van der Waals surface area contributed by atoms with Crippen LogP contribution in [-0.2, 0) is 0 Å². The Hall–Kier alpha value is -0.630. The summed E-state index contributed by atoms with van der Waals surface area (Å²) in [7, 11) is 0. The Labute approximate surface area is 58.5 Å².